The van der Waals surface area contributed by atoms with Crippen molar-refractivity contribution < 1.29 is 4.65 Å². The van der Waals surface area contributed by atoms with Gasteiger partial charge in [0.05, 0.1) is 0 Å². The molecule has 0 aliphatic heterocycles. The van der Waals surface area contributed by atoms with E-state index in [1.165, 1.54) is 12.8 Å². The van der Waals surface area contributed by atoms with E-state index in [4.69, 9.17) is 4.65 Å². The Morgan fingerprint density at radius 3 is 2.33 bits per heavy atom. The first-order valence-electron chi connectivity index (χ1n) is 3.82. The third-order valence-corrected chi connectivity index (χ3v) is 1.20. The van der Waals surface area contributed by atoms with Crippen molar-refractivity contribution in [1.82, 2.24) is 0 Å². The Morgan fingerprint density at radius 2 is 2.00 bits per heavy atom. The second-order valence-corrected chi connectivity index (χ2v) is 2.78. The lowest BCUT2D eigenvalue weighted by atomic mass is 9.75. The Morgan fingerprint density at radius 1 is 1.44 bits per heavy atom. The van der Waals surface area contributed by atoms with Gasteiger partial charge in [-0.25, -0.2) is 0 Å². The van der Waals surface area contributed by atoms with Gasteiger partial charge in [0.2, 0.25) is 0 Å². The molecule has 0 fully saturated rings. The SMILES string of the molecule is CCCC(C)OB(C)C. The quantitative estimate of drug-likeness (QED) is 0.528. The number of hydrogen-bond donors (Lipinski definition) is 0. The van der Waals surface area contributed by atoms with Gasteiger partial charge in [-0.2, -0.15) is 0 Å². The molecule has 9 heavy (non-hydrogen) atoms. The van der Waals surface area contributed by atoms with E-state index in [2.05, 4.69) is 27.5 Å². The molecule has 0 saturated heterocycles. The summed E-state index contributed by atoms with van der Waals surface area (Å²) < 4.78 is 5.49. The van der Waals surface area contributed by atoms with Crippen LogP contribution in [0.4, 0.5) is 0 Å². The summed E-state index contributed by atoms with van der Waals surface area (Å²) in [6, 6.07) is 0. The van der Waals surface area contributed by atoms with Crippen LogP contribution in [-0.4, -0.2) is 13.0 Å². The van der Waals surface area contributed by atoms with E-state index >= 15 is 0 Å². The molecule has 0 aromatic heterocycles. The minimum Gasteiger partial charge on any atom is -0.434 e. The van der Waals surface area contributed by atoms with Gasteiger partial charge in [-0.15, -0.1) is 0 Å². The standard InChI is InChI=1S/C7H17BO/c1-5-6-7(2)9-8(3)4/h7H,5-6H2,1-4H3. The third-order valence-electron chi connectivity index (χ3n) is 1.20. The zero-order valence-corrected chi connectivity index (χ0v) is 6.98. The van der Waals surface area contributed by atoms with Crippen LogP contribution in [0.25, 0.3) is 0 Å². The van der Waals surface area contributed by atoms with Gasteiger partial charge in [0, 0.05) is 6.10 Å². The third kappa shape index (κ3) is 5.90. The lowest BCUT2D eigenvalue weighted by Gasteiger charge is -2.12. The van der Waals surface area contributed by atoms with Crippen LogP contribution in [0, 0.1) is 0 Å². The van der Waals surface area contributed by atoms with Crippen molar-refractivity contribution in [2.75, 3.05) is 0 Å². The average Bonchev–Trinajstić information content (AvgIpc) is 1.63. The summed E-state index contributed by atoms with van der Waals surface area (Å²) in [5, 5.41) is 0. The highest BCUT2D eigenvalue weighted by Gasteiger charge is 2.04. The molecule has 0 spiro atoms. The normalized spacial score (nSPS) is 13.3. The molecular formula is C7H17BO. The zero-order chi connectivity index (χ0) is 7.28. The van der Waals surface area contributed by atoms with Crippen LogP contribution in [0.3, 0.4) is 0 Å². The lowest BCUT2D eigenvalue weighted by molar-refractivity contribution is 0.213. The maximum atomic E-state index is 5.49. The van der Waals surface area contributed by atoms with Crippen LogP contribution in [0.1, 0.15) is 26.7 Å². The van der Waals surface area contributed by atoms with Gasteiger partial charge in [-0.3, -0.25) is 0 Å². The molecule has 54 valence electrons. The van der Waals surface area contributed by atoms with Crippen LogP contribution in [-0.2, 0) is 4.65 Å². The molecule has 0 aromatic carbocycles. The van der Waals surface area contributed by atoms with Crippen molar-refractivity contribution in [3.05, 3.63) is 0 Å². The fourth-order valence-electron chi connectivity index (χ4n) is 0.939. The Hall–Kier alpha value is 0.0249. The van der Waals surface area contributed by atoms with Gasteiger partial charge >= 0.3 is 0 Å². The number of rotatable bonds is 4. The Balaban J connectivity index is 3.15. The van der Waals surface area contributed by atoms with Crippen molar-refractivity contribution in [2.45, 2.75) is 46.4 Å². The fraction of sp³-hybridized carbons (Fsp3) is 1.00. The Bertz CT molecular complexity index is 63.9. The van der Waals surface area contributed by atoms with Crippen LogP contribution < -0.4 is 0 Å². The van der Waals surface area contributed by atoms with E-state index in [0.29, 0.717) is 13.0 Å². The first kappa shape index (κ1) is 9.02. The van der Waals surface area contributed by atoms with Crippen molar-refractivity contribution in [1.29, 1.82) is 0 Å². The topological polar surface area (TPSA) is 9.23 Å². The summed E-state index contributed by atoms with van der Waals surface area (Å²) in [4.78, 5) is 0. The van der Waals surface area contributed by atoms with Crippen molar-refractivity contribution >= 4 is 6.92 Å². The highest BCUT2D eigenvalue weighted by molar-refractivity contribution is 6.48. The molecule has 1 atom stereocenters. The molecular weight excluding hydrogens is 111 g/mol. The molecule has 0 saturated carbocycles. The van der Waals surface area contributed by atoms with E-state index in [9.17, 15) is 0 Å². The lowest BCUT2D eigenvalue weighted by Crippen LogP contribution is -2.16. The summed E-state index contributed by atoms with van der Waals surface area (Å²) in [6.07, 6.45) is 2.83. The van der Waals surface area contributed by atoms with Gasteiger partial charge in [0.1, 0.15) is 0 Å². The van der Waals surface area contributed by atoms with E-state index < -0.39 is 0 Å². The maximum Gasteiger partial charge on any atom is 0.287 e. The van der Waals surface area contributed by atoms with E-state index in [-0.39, 0.29) is 0 Å². The summed E-state index contributed by atoms with van der Waals surface area (Å²) in [5.41, 5.74) is 0. The molecule has 0 aliphatic rings. The predicted molar refractivity (Wildman–Crippen MR) is 42.9 cm³/mol. The molecule has 0 radical (unpaired) electrons. The van der Waals surface area contributed by atoms with Crippen LogP contribution in [0.15, 0.2) is 0 Å². The number of hydrogen-bond acceptors (Lipinski definition) is 1. The molecule has 0 bridgehead atoms. The first-order chi connectivity index (χ1) is 4.16. The van der Waals surface area contributed by atoms with E-state index in [1.807, 2.05) is 0 Å². The molecule has 1 unspecified atom stereocenters. The van der Waals surface area contributed by atoms with Crippen LogP contribution >= 0.6 is 0 Å². The highest BCUT2D eigenvalue weighted by Crippen LogP contribution is 2.01. The first-order valence-corrected chi connectivity index (χ1v) is 3.82. The van der Waals surface area contributed by atoms with Crippen LogP contribution in [0.2, 0.25) is 13.6 Å². The highest BCUT2D eigenvalue weighted by atomic mass is 16.4. The summed E-state index contributed by atoms with van der Waals surface area (Å²) in [5.74, 6) is 0. The summed E-state index contributed by atoms with van der Waals surface area (Å²) in [6.45, 7) is 8.84. The Kier molecular flexibility index (Phi) is 4.88. The van der Waals surface area contributed by atoms with Gasteiger partial charge in [-0.05, 0) is 13.3 Å². The molecule has 0 aromatic rings. The molecule has 0 aliphatic carbocycles. The van der Waals surface area contributed by atoms with E-state index in [0.717, 1.165) is 0 Å². The predicted octanol–water partition coefficient (Wildman–Crippen LogP) is 2.44. The average molecular weight is 128 g/mol. The Labute approximate surface area is 58.9 Å². The summed E-state index contributed by atoms with van der Waals surface area (Å²) >= 11 is 0. The van der Waals surface area contributed by atoms with Crippen molar-refractivity contribution in [3.8, 4) is 0 Å². The smallest absolute Gasteiger partial charge is 0.287 e. The maximum absolute atomic E-state index is 5.49. The minimum absolute atomic E-state index is 0.381. The molecule has 0 heterocycles. The van der Waals surface area contributed by atoms with Crippen LogP contribution in [0.5, 0.6) is 0 Å². The minimum atomic E-state index is 0.381. The van der Waals surface area contributed by atoms with Gasteiger partial charge < -0.3 is 4.65 Å². The molecule has 1 nitrogen and oxygen atoms in total. The van der Waals surface area contributed by atoms with Gasteiger partial charge in [0.15, 0.2) is 0 Å². The largest absolute Gasteiger partial charge is 0.434 e. The van der Waals surface area contributed by atoms with Gasteiger partial charge in [-0.1, -0.05) is 27.0 Å². The molecule has 0 amide bonds. The second kappa shape index (κ2) is 4.86. The second-order valence-electron chi connectivity index (χ2n) is 2.78. The summed E-state index contributed by atoms with van der Waals surface area (Å²) in [7, 11) is 0. The molecule has 0 N–H and O–H groups in total. The fourth-order valence-corrected chi connectivity index (χ4v) is 0.939. The zero-order valence-electron chi connectivity index (χ0n) is 6.98. The molecule has 0 rings (SSSR count). The van der Waals surface area contributed by atoms with Crippen molar-refractivity contribution in [2.24, 2.45) is 0 Å². The van der Waals surface area contributed by atoms with Crippen molar-refractivity contribution in [3.63, 3.8) is 0 Å². The monoisotopic (exact) mass is 128 g/mol. The van der Waals surface area contributed by atoms with Gasteiger partial charge in [0.25, 0.3) is 6.92 Å². The van der Waals surface area contributed by atoms with E-state index in [1.54, 1.807) is 0 Å². The molecule has 2 heteroatoms.